The Bertz CT molecular complexity index is 3130. The highest BCUT2D eigenvalue weighted by Gasteiger charge is 2.48. The number of hydrogen-bond donors (Lipinski definition) is 1. The molecule has 0 radical (unpaired) electrons. The Balaban J connectivity index is 0.000000337. The van der Waals surface area contributed by atoms with Crippen LogP contribution in [0.3, 0.4) is 0 Å². The van der Waals surface area contributed by atoms with Crippen molar-refractivity contribution in [3.8, 4) is 17.2 Å². The standard InChI is InChI=1S/C38H50FNO10.C30H42FNO9.CH4/c1-23-18-29(39)33(45-21-25-14-16-28(44-10)17-15-25)34-30(48-38(6,7)49-34)13-11-12-26-19-27(40(8)36(42)50-37(3,4)5)20-31(46-22-43-9)32(26)35(41)47-24(23)2;1-17-13-21(31)25(33)26-22(39-30(6,7)40-26)12-10-11-19-14-20(32(8)28(35)41-29(3,4)5)15-23(37-16-36-9)24(19)27(34)38-18(17)2;/h11-12,14-20,23-24,30,33-34H,13,21-22H2,1-10H3;10-11,13-15,17-18,22,25-26,33H,12,16H2,1-9H3;1H4/b12-11+,29-18+;11-10+,21-13+;/t23-,24+,30+,33-,34+;17-,18+,22+,25-,26+;/m11./s1. The second-order valence-corrected chi connectivity index (χ2v) is 25.6. The number of ether oxygens (including phenoxy) is 14. The van der Waals surface area contributed by atoms with Gasteiger partial charge in [-0.2, -0.15) is 0 Å². The Kier molecular flexibility index (Phi) is 26.6. The number of aliphatic hydroxyl groups is 1. The summed E-state index contributed by atoms with van der Waals surface area (Å²) in [6, 6.07) is 13.7. The predicted molar refractivity (Wildman–Crippen MR) is 343 cm³/mol. The fourth-order valence-electron chi connectivity index (χ4n) is 9.98. The number of aliphatic hydroxyl groups excluding tert-OH is 1. The van der Waals surface area contributed by atoms with E-state index in [0.29, 0.717) is 28.3 Å². The first-order valence-corrected chi connectivity index (χ1v) is 30.2. The molecule has 510 valence electrons. The molecule has 0 unspecified atom stereocenters. The molecule has 2 amide bonds. The summed E-state index contributed by atoms with van der Waals surface area (Å²) in [4.78, 5) is 55.9. The maximum absolute atomic E-state index is 16.3. The second kappa shape index (κ2) is 32.3. The third kappa shape index (κ3) is 20.8. The van der Waals surface area contributed by atoms with E-state index in [2.05, 4.69) is 0 Å². The van der Waals surface area contributed by atoms with E-state index < -0.39 is 119 Å². The third-order valence-electron chi connectivity index (χ3n) is 14.9. The van der Waals surface area contributed by atoms with Gasteiger partial charge >= 0.3 is 24.1 Å². The minimum absolute atomic E-state index is 0. The van der Waals surface area contributed by atoms with Gasteiger partial charge in [-0.05, 0) is 149 Å². The van der Waals surface area contributed by atoms with E-state index in [9.17, 15) is 24.3 Å². The van der Waals surface area contributed by atoms with Crippen LogP contribution in [0.15, 0.2) is 84.5 Å². The number of anilines is 2. The molecule has 10 atom stereocenters. The molecule has 4 aliphatic heterocycles. The van der Waals surface area contributed by atoms with Crippen LogP contribution < -0.4 is 24.0 Å². The number of fused-ring (bicyclic) bond motifs is 4. The van der Waals surface area contributed by atoms with Crippen LogP contribution in [-0.4, -0.2) is 150 Å². The smallest absolute Gasteiger partial charge is 0.414 e. The Morgan fingerprint density at radius 3 is 1.46 bits per heavy atom. The van der Waals surface area contributed by atoms with Crippen LogP contribution in [0, 0.1) is 11.8 Å². The molecule has 0 bridgehead atoms. The van der Waals surface area contributed by atoms with Gasteiger partial charge in [0.1, 0.15) is 87.9 Å². The lowest BCUT2D eigenvalue weighted by Gasteiger charge is -2.27. The van der Waals surface area contributed by atoms with E-state index >= 15 is 8.78 Å². The second-order valence-electron chi connectivity index (χ2n) is 25.6. The molecule has 23 heteroatoms. The summed E-state index contributed by atoms with van der Waals surface area (Å²) in [6.07, 6.45) is 1.48. The van der Waals surface area contributed by atoms with Crippen LogP contribution >= 0.6 is 0 Å². The Labute approximate surface area is 540 Å². The van der Waals surface area contributed by atoms with Crippen LogP contribution in [0.2, 0.25) is 0 Å². The summed E-state index contributed by atoms with van der Waals surface area (Å²) in [5.41, 5.74) is 1.17. The minimum Gasteiger partial charge on any atom is -0.497 e. The van der Waals surface area contributed by atoms with Gasteiger partial charge in [0, 0.05) is 52.3 Å². The van der Waals surface area contributed by atoms with Crippen LogP contribution in [0.5, 0.6) is 17.2 Å². The van der Waals surface area contributed by atoms with Gasteiger partial charge in [0.05, 0.1) is 37.3 Å². The number of rotatable bonds is 12. The molecule has 4 heterocycles. The zero-order valence-electron chi connectivity index (χ0n) is 55.8. The molecular formula is C69H96F2N2O19. The van der Waals surface area contributed by atoms with Crippen molar-refractivity contribution in [2.24, 2.45) is 11.8 Å². The van der Waals surface area contributed by atoms with Crippen molar-refractivity contribution >= 4 is 47.7 Å². The highest BCUT2D eigenvalue weighted by atomic mass is 19.1. The van der Waals surface area contributed by atoms with Crippen molar-refractivity contribution in [1.29, 1.82) is 0 Å². The van der Waals surface area contributed by atoms with Crippen molar-refractivity contribution < 1.29 is 99.4 Å². The summed E-state index contributed by atoms with van der Waals surface area (Å²) in [6.45, 7) is 24.0. The number of carbonyl (C=O) groups excluding carboxylic acids is 4. The number of nitrogens with zero attached hydrogens (tertiary/aromatic N) is 2. The quantitative estimate of drug-likeness (QED) is 0.101. The molecule has 4 aliphatic rings. The molecule has 0 saturated carbocycles. The highest BCUT2D eigenvalue weighted by molar-refractivity contribution is 6.00. The molecule has 2 fully saturated rings. The van der Waals surface area contributed by atoms with Gasteiger partial charge in [-0.15, -0.1) is 0 Å². The van der Waals surface area contributed by atoms with Crippen LogP contribution in [0.25, 0.3) is 12.2 Å². The first-order chi connectivity index (χ1) is 42.5. The fraction of sp³-hybridized carbons (Fsp3) is 0.565. The van der Waals surface area contributed by atoms with Crippen LogP contribution in [0.1, 0.15) is 155 Å². The van der Waals surface area contributed by atoms with E-state index in [1.165, 1.54) is 42.2 Å². The lowest BCUT2D eigenvalue weighted by atomic mass is 9.97. The summed E-state index contributed by atoms with van der Waals surface area (Å²) in [5, 5.41) is 10.8. The number of hydrogen-bond acceptors (Lipinski definition) is 19. The topological polar surface area (TPSA) is 224 Å². The van der Waals surface area contributed by atoms with E-state index in [1.807, 2.05) is 24.3 Å². The lowest BCUT2D eigenvalue weighted by molar-refractivity contribution is -0.158. The Hall–Kier alpha value is -6.96. The number of esters is 2. The maximum atomic E-state index is 16.3. The monoisotopic (exact) mass is 1290 g/mol. The van der Waals surface area contributed by atoms with Crippen molar-refractivity contribution in [3.63, 3.8) is 0 Å². The Morgan fingerprint density at radius 2 is 1.04 bits per heavy atom. The van der Waals surface area contributed by atoms with E-state index in [-0.39, 0.29) is 63.1 Å². The van der Waals surface area contributed by atoms with Gasteiger partial charge in [-0.3, -0.25) is 9.80 Å². The van der Waals surface area contributed by atoms with E-state index in [4.69, 9.17) is 66.3 Å². The summed E-state index contributed by atoms with van der Waals surface area (Å²) >= 11 is 0. The van der Waals surface area contributed by atoms with Crippen molar-refractivity contribution in [3.05, 3.63) is 112 Å². The van der Waals surface area contributed by atoms with Gasteiger partial charge in [0.25, 0.3) is 0 Å². The van der Waals surface area contributed by atoms with E-state index in [0.717, 1.165) is 5.56 Å². The molecule has 3 aromatic carbocycles. The van der Waals surface area contributed by atoms with Crippen molar-refractivity contribution in [1.82, 2.24) is 0 Å². The van der Waals surface area contributed by atoms with Gasteiger partial charge < -0.3 is 71.4 Å². The van der Waals surface area contributed by atoms with Gasteiger partial charge in [-0.1, -0.05) is 57.7 Å². The number of halogens is 2. The normalized spacial score (nSPS) is 26.7. The lowest BCUT2D eigenvalue weighted by Crippen LogP contribution is -2.38. The molecule has 21 nitrogen and oxygen atoms in total. The average Bonchev–Trinajstić information content (AvgIpc) is 1.86. The molecular weight excluding hydrogens is 1200 g/mol. The average molecular weight is 1300 g/mol. The first kappa shape index (κ1) is 75.8. The molecule has 2 saturated heterocycles. The van der Waals surface area contributed by atoms with Gasteiger partial charge in [0.2, 0.25) is 0 Å². The fourth-order valence-corrected chi connectivity index (χ4v) is 9.98. The molecule has 0 aromatic heterocycles. The van der Waals surface area contributed by atoms with Crippen LogP contribution in [0.4, 0.5) is 29.7 Å². The molecule has 3 aromatic rings. The first-order valence-electron chi connectivity index (χ1n) is 30.2. The molecule has 92 heavy (non-hydrogen) atoms. The molecule has 0 aliphatic carbocycles. The van der Waals surface area contributed by atoms with Gasteiger partial charge in [0.15, 0.2) is 25.2 Å². The van der Waals surface area contributed by atoms with Crippen molar-refractivity contribution in [2.75, 3.05) is 58.8 Å². The zero-order chi connectivity index (χ0) is 67.5. The summed E-state index contributed by atoms with van der Waals surface area (Å²) in [7, 11) is 7.59. The largest absolute Gasteiger partial charge is 0.497 e. The SMILES string of the molecule is C.COCOc1cc(N(C)C(=O)OC(C)(C)C)cc2c1C(=O)O[C@@H](C)[C@H](C)/C=C(/F)[C@@H](O)[C@H]1OC(C)(C)O[C@H]1C/C=C/2.COCOc1cc(N(C)C(=O)OC(C)(C)C)cc2c1C(=O)O[C@@H](C)[C@H](C)/C=C(/F)[C@@H](OCc1ccc(OC)cc1)[C@H]1OC(C)(C)O[C@H]1C/C=C/2. The Morgan fingerprint density at radius 1 is 0.630 bits per heavy atom. The maximum Gasteiger partial charge on any atom is 0.414 e. The van der Waals surface area contributed by atoms with Crippen molar-refractivity contribution in [2.45, 2.75) is 195 Å². The number of cyclic esters (lactones) is 2. The summed E-state index contributed by atoms with van der Waals surface area (Å²) in [5.74, 6) is -5.06. The summed E-state index contributed by atoms with van der Waals surface area (Å²) < 4.78 is 112. The zero-order valence-corrected chi connectivity index (χ0v) is 55.8. The number of carbonyl (C=O) groups is 4. The van der Waals surface area contributed by atoms with Crippen LogP contribution in [-0.2, 0) is 58.7 Å². The number of benzene rings is 3. The number of methoxy groups -OCH3 is 3. The minimum atomic E-state index is -1.57. The van der Waals surface area contributed by atoms with Gasteiger partial charge in [-0.25, -0.2) is 28.0 Å². The molecule has 0 spiro atoms. The molecule has 1 N–H and O–H groups in total. The highest BCUT2D eigenvalue weighted by Crippen LogP contribution is 2.40. The molecule has 7 rings (SSSR count). The third-order valence-corrected chi connectivity index (χ3v) is 14.9. The number of amides is 2. The van der Waals surface area contributed by atoms with E-state index in [1.54, 1.807) is 161 Å². The predicted octanol–water partition coefficient (Wildman–Crippen LogP) is 13.6.